The van der Waals surface area contributed by atoms with Crippen LogP contribution in [0.1, 0.15) is 34.1 Å². The molecule has 0 aromatic rings. The van der Waals surface area contributed by atoms with Crippen LogP contribution in [0.4, 0.5) is 0 Å². The molecule has 0 radical (unpaired) electrons. The highest BCUT2D eigenvalue weighted by atomic mass is 16.5. The van der Waals surface area contributed by atoms with Gasteiger partial charge in [0.1, 0.15) is 0 Å². The molecule has 0 aromatic heterocycles. The summed E-state index contributed by atoms with van der Waals surface area (Å²) in [5, 5.41) is 0. The topological polar surface area (TPSA) is 9.23 Å². The molecular weight excluding hydrogens is 124 g/mol. The second-order valence-corrected chi connectivity index (χ2v) is 2.69. The third-order valence-corrected chi connectivity index (χ3v) is 2.17. The van der Waals surface area contributed by atoms with Gasteiger partial charge >= 0.3 is 0 Å². The highest BCUT2D eigenvalue weighted by Crippen LogP contribution is 2.12. The van der Waals surface area contributed by atoms with Crippen LogP contribution in [0, 0.1) is 0 Å². The molecule has 1 nitrogen and oxygen atoms in total. The van der Waals surface area contributed by atoms with E-state index in [1.807, 2.05) is 0 Å². The van der Waals surface area contributed by atoms with Crippen molar-refractivity contribution in [2.24, 2.45) is 0 Å². The van der Waals surface area contributed by atoms with Crippen LogP contribution in [0.5, 0.6) is 0 Å². The summed E-state index contributed by atoms with van der Waals surface area (Å²) in [6, 6.07) is 0. The normalized spacial score (nSPS) is 16.5. The van der Waals surface area contributed by atoms with Gasteiger partial charge in [-0.05, 0) is 32.8 Å². The molecule has 1 heteroatoms. The van der Waals surface area contributed by atoms with E-state index in [9.17, 15) is 0 Å². The van der Waals surface area contributed by atoms with Gasteiger partial charge in [0.2, 0.25) is 0 Å². The van der Waals surface area contributed by atoms with Crippen LogP contribution < -0.4 is 0 Å². The van der Waals surface area contributed by atoms with E-state index in [4.69, 9.17) is 4.74 Å². The van der Waals surface area contributed by atoms with Gasteiger partial charge in [-0.2, -0.15) is 0 Å². The fraction of sp³-hybridized carbons (Fsp3) is 0.778. The van der Waals surface area contributed by atoms with Crippen LogP contribution in [0.25, 0.3) is 0 Å². The van der Waals surface area contributed by atoms with Crippen LogP contribution in [-0.2, 0) is 4.74 Å². The van der Waals surface area contributed by atoms with Crippen molar-refractivity contribution in [3.63, 3.8) is 0 Å². The Labute approximate surface area is 64.1 Å². The van der Waals surface area contributed by atoms with Gasteiger partial charge in [-0.3, -0.25) is 0 Å². The molecule has 0 amide bonds. The smallest absolute Gasteiger partial charge is 0.0752 e. The van der Waals surface area contributed by atoms with E-state index < -0.39 is 0 Å². The molecule has 0 aliphatic rings. The van der Waals surface area contributed by atoms with Crippen LogP contribution >= 0.6 is 0 Å². The maximum absolute atomic E-state index is 5.18. The summed E-state index contributed by atoms with van der Waals surface area (Å²) in [7, 11) is 1.75. The molecule has 0 fully saturated rings. The number of hydrogen-bond donors (Lipinski definition) is 0. The molecule has 60 valence electrons. The fourth-order valence-corrected chi connectivity index (χ4v) is 0.803. The number of rotatable bonds is 3. The molecule has 1 unspecified atom stereocenters. The van der Waals surface area contributed by atoms with Gasteiger partial charge in [-0.15, -0.1) is 0 Å². The maximum atomic E-state index is 5.18. The van der Waals surface area contributed by atoms with Crippen molar-refractivity contribution in [1.82, 2.24) is 0 Å². The van der Waals surface area contributed by atoms with Gasteiger partial charge in [0.15, 0.2) is 0 Å². The van der Waals surface area contributed by atoms with Crippen molar-refractivity contribution < 1.29 is 4.74 Å². The summed E-state index contributed by atoms with van der Waals surface area (Å²) in [5.74, 6) is 0. The molecule has 0 bridgehead atoms. The summed E-state index contributed by atoms with van der Waals surface area (Å²) in [6.45, 7) is 8.54. The van der Waals surface area contributed by atoms with Crippen LogP contribution in [-0.4, -0.2) is 13.2 Å². The first kappa shape index (κ1) is 9.70. The molecule has 0 rings (SSSR count). The van der Waals surface area contributed by atoms with Crippen LogP contribution in [0.3, 0.4) is 0 Å². The Bertz CT molecular complexity index is 125. The minimum atomic E-state index is 0.278. The van der Waals surface area contributed by atoms with Crippen molar-refractivity contribution in [1.29, 1.82) is 0 Å². The predicted octanol–water partition coefficient (Wildman–Crippen LogP) is 2.77. The van der Waals surface area contributed by atoms with Gasteiger partial charge in [-0.1, -0.05) is 12.5 Å². The summed E-state index contributed by atoms with van der Waals surface area (Å²) >= 11 is 0. The maximum Gasteiger partial charge on any atom is 0.0752 e. The van der Waals surface area contributed by atoms with E-state index in [2.05, 4.69) is 27.7 Å². The minimum absolute atomic E-state index is 0.278. The Balaban J connectivity index is 4.15. The lowest BCUT2D eigenvalue weighted by Crippen LogP contribution is -2.07. The molecule has 0 N–H and O–H groups in total. The summed E-state index contributed by atoms with van der Waals surface area (Å²) in [6.07, 6.45) is 1.40. The molecular formula is C9H18O. The van der Waals surface area contributed by atoms with Gasteiger partial charge in [0, 0.05) is 7.11 Å². The number of hydrogen-bond acceptors (Lipinski definition) is 1. The third-order valence-electron chi connectivity index (χ3n) is 2.17. The van der Waals surface area contributed by atoms with Crippen molar-refractivity contribution in [3.05, 3.63) is 11.1 Å². The van der Waals surface area contributed by atoms with E-state index in [-0.39, 0.29) is 6.10 Å². The van der Waals surface area contributed by atoms with Crippen molar-refractivity contribution >= 4 is 0 Å². The van der Waals surface area contributed by atoms with E-state index in [0.29, 0.717) is 0 Å². The summed E-state index contributed by atoms with van der Waals surface area (Å²) in [4.78, 5) is 0. The van der Waals surface area contributed by atoms with Crippen LogP contribution in [0.15, 0.2) is 11.1 Å². The highest BCUT2D eigenvalue weighted by molar-refractivity contribution is 5.12. The Morgan fingerprint density at radius 1 is 1.40 bits per heavy atom. The third kappa shape index (κ3) is 2.53. The first-order valence-electron chi connectivity index (χ1n) is 3.82. The SMILES string of the molecule is CCC(C)=C(C)C(C)OC. The second kappa shape index (κ2) is 4.51. The molecule has 1 atom stereocenters. The monoisotopic (exact) mass is 142 g/mol. The lowest BCUT2D eigenvalue weighted by atomic mass is 10.1. The van der Waals surface area contributed by atoms with Crippen LogP contribution in [0.2, 0.25) is 0 Å². The van der Waals surface area contributed by atoms with Crippen molar-refractivity contribution in [3.8, 4) is 0 Å². The second-order valence-electron chi connectivity index (χ2n) is 2.69. The van der Waals surface area contributed by atoms with Gasteiger partial charge in [0.25, 0.3) is 0 Å². The molecule has 0 saturated heterocycles. The van der Waals surface area contributed by atoms with Gasteiger partial charge in [-0.25, -0.2) is 0 Å². The fourth-order valence-electron chi connectivity index (χ4n) is 0.803. The first-order valence-corrected chi connectivity index (χ1v) is 3.82. The number of allylic oxidation sites excluding steroid dienone is 1. The predicted molar refractivity (Wildman–Crippen MR) is 45.1 cm³/mol. The highest BCUT2D eigenvalue weighted by Gasteiger charge is 2.03. The summed E-state index contributed by atoms with van der Waals surface area (Å²) < 4.78 is 5.18. The quantitative estimate of drug-likeness (QED) is 0.550. The lowest BCUT2D eigenvalue weighted by Gasteiger charge is -2.12. The number of ether oxygens (including phenoxy) is 1. The Kier molecular flexibility index (Phi) is 4.37. The summed E-state index contributed by atoms with van der Waals surface area (Å²) in [5.41, 5.74) is 2.80. The van der Waals surface area contributed by atoms with E-state index in [1.165, 1.54) is 11.1 Å². The van der Waals surface area contributed by atoms with E-state index >= 15 is 0 Å². The Morgan fingerprint density at radius 3 is 2.20 bits per heavy atom. The Hall–Kier alpha value is -0.300. The average Bonchev–Trinajstić information content (AvgIpc) is 2.00. The molecule has 0 aliphatic carbocycles. The first-order chi connectivity index (χ1) is 4.63. The molecule has 0 aromatic carbocycles. The lowest BCUT2D eigenvalue weighted by molar-refractivity contribution is 0.146. The van der Waals surface area contributed by atoms with Crippen molar-refractivity contribution in [2.75, 3.05) is 7.11 Å². The molecule has 0 spiro atoms. The van der Waals surface area contributed by atoms with Gasteiger partial charge < -0.3 is 4.74 Å². The van der Waals surface area contributed by atoms with E-state index in [1.54, 1.807) is 7.11 Å². The largest absolute Gasteiger partial charge is 0.377 e. The Morgan fingerprint density at radius 2 is 1.90 bits per heavy atom. The zero-order chi connectivity index (χ0) is 8.15. The molecule has 10 heavy (non-hydrogen) atoms. The molecule has 0 aliphatic heterocycles. The van der Waals surface area contributed by atoms with Gasteiger partial charge in [0.05, 0.1) is 6.10 Å². The minimum Gasteiger partial charge on any atom is -0.377 e. The number of methoxy groups -OCH3 is 1. The standard InChI is InChI=1S/C9H18O/c1-6-7(2)8(3)9(4)10-5/h9H,6H2,1-5H3. The molecule has 0 heterocycles. The zero-order valence-corrected chi connectivity index (χ0v) is 7.69. The van der Waals surface area contributed by atoms with Crippen molar-refractivity contribution in [2.45, 2.75) is 40.2 Å². The average molecular weight is 142 g/mol. The zero-order valence-electron chi connectivity index (χ0n) is 7.69. The van der Waals surface area contributed by atoms with E-state index in [0.717, 1.165) is 6.42 Å². The molecule has 0 saturated carbocycles.